The van der Waals surface area contributed by atoms with Crippen molar-refractivity contribution in [3.05, 3.63) is 112 Å². The number of nitrogens with zero attached hydrogens (tertiary/aromatic N) is 5. The third-order valence-corrected chi connectivity index (χ3v) is 6.77. The fourth-order valence-electron chi connectivity index (χ4n) is 4.68. The number of ether oxygens (including phenoxy) is 1. The van der Waals surface area contributed by atoms with Crippen LogP contribution < -0.4 is 10.2 Å². The first-order chi connectivity index (χ1) is 19.4. The van der Waals surface area contributed by atoms with Crippen molar-refractivity contribution in [2.45, 2.75) is 12.7 Å². The fraction of sp³-hybridized carbons (Fsp3) is 0.138. The summed E-state index contributed by atoms with van der Waals surface area (Å²) >= 11 is 6.00. The number of aryl methyl sites for hydroxylation is 1. The van der Waals surface area contributed by atoms with Gasteiger partial charge in [0.1, 0.15) is 0 Å². The lowest BCUT2D eigenvalue weighted by Crippen LogP contribution is -2.50. The van der Waals surface area contributed by atoms with E-state index in [9.17, 15) is 9.90 Å². The van der Waals surface area contributed by atoms with Gasteiger partial charge in [0.15, 0.2) is 16.8 Å². The normalized spacial score (nSPS) is 17.8. The Hall–Kier alpha value is -4.64. The van der Waals surface area contributed by atoms with Gasteiger partial charge in [0.25, 0.3) is 0 Å². The Labute approximate surface area is 233 Å². The zero-order valence-corrected chi connectivity index (χ0v) is 22.0. The maximum Gasteiger partial charge on any atom is 0.245 e. The summed E-state index contributed by atoms with van der Waals surface area (Å²) in [5.41, 5.74) is 5.03. The van der Waals surface area contributed by atoms with Crippen LogP contribution in [0.25, 0.3) is 11.3 Å². The number of rotatable bonds is 3. The fourth-order valence-corrected chi connectivity index (χ4v) is 4.85. The number of anilines is 3. The predicted molar refractivity (Wildman–Crippen MR) is 149 cm³/mol. The first kappa shape index (κ1) is 25.6. The van der Waals surface area contributed by atoms with Gasteiger partial charge in [0.05, 0.1) is 12.3 Å². The highest BCUT2D eigenvalue weighted by atomic mass is 35.5. The Morgan fingerprint density at radius 1 is 0.975 bits per heavy atom. The molecule has 2 N–H and O–H groups in total. The standard InChI is InChI=1S/C18H15NO3.C11H8ClN5O/c20-16-12-17-18(21,15-9-5-4-8-14(15)16)22-11-10-19(17)13-6-2-1-3-7-13;1-6-3-2-4-7(5-6)13-9-8(12)14-10-11(15-9)17-18-16-10/h1-9,12,21H,10-11H2;2-5H,1H3,(H,13,15,17). The molecule has 200 valence electrons. The van der Waals surface area contributed by atoms with Gasteiger partial charge in [-0.15, -0.1) is 0 Å². The van der Waals surface area contributed by atoms with E-state index in [0.29, 0.717) is 41.4 Å². The summed E-state index contributed by atoms with van der Waals surface area (Å²) in [7, 11) is 0. The molecule has 0 amide bonds. The van der Waals surface area contributed by atoms with E-state index in [0.717, 1.165) is 16.9 Å². The van der Waals surface area contributed by atoms with Gasteiger partial charge in [0.2, 0.25) is 17.1 Å². The second kappa shape index (κ2) is 10.5. The maximum atomic E-state index is 12.4. The molecule has 1 aliphatic carbocycles. The summed E-state index contributed by atoms with van der Waals surface area (Å²) in [5, 5.41) is 21.6. The minimum atomic E-state index is -1.57. The third-order valence-electron chi connectivity index (χ3n) is 6.51. The van der Waals surface area contributed by atoms with Crippen LogP contribution in [0.5, 0.6) is 0 Å². The van der Waals surface area contributed by atoms with Crippen molar-refractivity contribution in [1.29, 1.82) is 0 Å². The number of carbonyl (C=O) groups is 1. The number of halogens is 1. The summed E-state index contributed by atoms with van der Waals surface area (Å²) in [5.74, 6) is -1.26. The first-order valence-corrected chi connectivity index (χ1v) is 12.8. The molecule has 5 aromatic rings. The van der Waals surface area contributed by atoms with Crippen LogP contribution in [0.15, 0.2) is 95.3 Å². The number of allylic oxidation sites excluding steroid dienone is 1. The van der Waals surface area contributed by atoms with Crippen LogP contribution >= 0.6 is 11.6 Å². The van der Waals surface area contributed by atoms with E-state index < -0.39 is 5.79 Å². The number of benzene rings is 3. The molecule has 2 aliphatic rings. The number of hydrogen-bond donors (Lipinski definition) is 2. The van der Waals surface area contributed by atoms with Gasteiger partial charge in [0, 0.05) is 35.1 Å². The molecule has 1 fully saturated rings. The summed E-state index contributed by atoms with van der Waals surface area (Å²) in [4.78, 5) is 22.5. The minimum absolute atomic E-state index is 0.110. The third kappa shape index (κ3) is 4.79. The molecule has 0 radical (unpaired) electrons. The number of morpholine rings is 1. The van der Waals surface area contributed by atoms with Crippen LogP contribution in [0.1, 0.15) is 21.5 Å². The van der Waals surface area contributed by atoms with Crippen LogP contribution in [-0.4, -0.2) is 44.3 Å². The molecule has 1 atom stereocenters. The highest BCUT2D eigenvalue weighted by molar-refractivity contribution is 6.32. The Kier molecular flexibility index (Phi) is 6.72. The lowest BCUT2D eigenvalue weighted by Gasteiger charge is -2.44. The average molecular weight is 555 g/mol. The van der Waals surface area contributed by atoms with Crippen molar-refractivity contribution in [2.24, 2.45) is 0 Å². The first-order valence-electron chi connectivity index (χ1n) is 12.5. The molecule has 3 heterocycles. The van der Waals surface area contributed by atoms with Gasteiger partial charge in [-0.1, -0.05) is 66.2 Å². The number of para-hydroxylation sites is 1. The van der Waals surface area contributed by atoms with E-state index in [1.165, 1.54) is 6.08 Å². The molecule has 10 nitrogen and oxygen atoms in total. The quantitative estimate of drug-likeness (QED) is 0.308. The smallest absolute Gasteiger partial charge is 0.245 e. The molecule has 0 spiro atoms. The lowest BCUT2D eigenvalue weighted by atomic mass is 9.87. The van der Waals surface area contributed by atoms with E-state index in [-0.39, 0.29) is 16.6 Å². The molecular weight excluding hydrogens is 532 g/mol. The van der Waals surface area contributed by atoms with Crippen molar-refractivity contribution in [1.82, 2.24) is 20.3 Å². The molecule has 0 bridgehead atoms. The topological polar surface area (TPSA) is 127 Å². The number of aromatic nitrogens is 4. The van der Waals surface area contributed by atoms with Crippen LogP contribution in [0.4, 0.5) is 17.2 Å². The molecule has 1 saturated heterocycles. The number of ketones is 1. The highest BCUT2D eigenvalue weighted by Crippen LogP contribution is 2.42. The highest BCUT2D eigenvalue weighted by Gasteiger charge is 2.46. The van der Waals surface area contributed by atoms with Gasteiger partial charge >= 0.3 is 0 Å². The molecule has 0 saturated carbocycles. The van der Waals surface area contributed by atoms with Crippen molar-refractivity contribution in [2.75, 3.05) is 23.4 Å². The summed E-state index contributed by atoms with van der Waals surface area (Å²) in [6, 6.07) is 24.6. The predicted octanol–water partition coefficient (Wildman–Crippen LogP) is 5.17. The number of nitrogens with one attached hydrogen (secondary N) is 1. The zero-order chi connectivity index (χ0) is 27.7. The lowest BCUT2D eigenvalue weighted by molar-refractivity contribution is -0.194. The monoisotopic (exact) mass is 554 g/mol. The van der Waals surface area contributed by atoms with Crippen LogP contribution in [-0.2, 0) is 10.5 Å². The number of aliphatic hydroxyl groups is 1. The van der Waals surface area contributed by atoms with Crippen molar-refractivity contribution in [3.63, 3.8) is 0 Å². The summed E-state index contributed by atoms with van der Waals surface area (Å²) in [6.45, 7) is 2.97. The second-order valence-electron chi connectivity index (χ2n) is 9.19. The Balaban J connectivity index is 0.000000148. The van der Waals surface area contributed by atoms with Crippen LogP contribution in [0.3, 0.4) is 0 Å². The zero-order valence-electron chi connectivity index (χ0n) is 21.3. The molecule has 7 rings (SSSR count). The van der Waals surface area contributed by atoms with Crippen LogP contribution in [0, 0.1) is 6.92 Å². The number of carbonyl (C=O) groups excluding carboxylic acids is 1. The van der Waals surface area contributed by atoms with E-state index in [4.69, 9.17) is 16.3 Å². The summed E-state index contributed by atoms with van der Waals surface area (Å²) < 4.78 is 10.2. The van der Waals surface area contributed by atoms with Crippen molar-refractivity contribution < 1.29 is 19.3 Å². The maximum absolute atomic E-state index is 12.4. The van der Waals surface area contributed by atoms with E-state index >= 15 is 0 Å². The molecule has 2 aromatic heterocycles. The van der Waals surface area contributed by atoms with E-state index in [1.54, 1.807) is 24.3 Å². The van der Waals surface area contributed by atoms with Gasteiger partial charge < -0.3 is 20.1 Å². The Morgan fingerprint density at radius 2 is 1.73 bits per heavy atom. The van der Waals surface area contributed by atoms with Gasteiger partial charge in [-0.05, 0) is 47.1 Å². The molecular formula is C29H23ClN6O4. The van der Waals surface area contributed by atoms with Gasteiger partial charge in [-0.25, -0.2) is 14.6 Å². The molecule has 40 heavy (non-hydrogen) atoms. The largest absolute Gasteiger partial charge is 0.357 e. The molecule has 11 heteroatoms. The van der Waals surface area contributed by atoms with Gasteiger partial charge in [-0.2, -0.15) is 0 Å². The van der Waals surface area contributed by atoms with Crippen molar-refractivity contribution >= 4 is 45.9 Å². The van der Waals surface area contributed by atoms with Gasteiger partial charge in [-0.3, -0.25) is 4.79 Å². The van der Waals surface area contributed by atoms with Crippen molar-refractivity contribution in [3.8, 4) is 0 Å². The Morgan fingerprint density at radius 3 is 2.52 bits per heavy atom. The molecule has 1 aliphatic heterocycles. The minimum Gasteiger partial charge on any atom is -0.357 e. The summed E-state index contributed by atoms with van der Waals surface area (Å²) in [6.07, 6.45) is 1.48. The number of fused-ring (bicyclic) bond motifs is 4. The van der Waals surface area contributed by atoms with E-state index in [2.05, 4.69) is 30.2 Å². The SMILES string of the molecule is Cc1cccc(Nc2nc3nonc3nc2Cl)c1.O=C1C=C2N(c3ccccc3)CCOC2(O)c2ccccc21. The molecule has 3 aromatic carbocycles. The average Bonchev–Trinajstić information content (AvgIpc) is 3.42. The Bertz CT molecular complexity index is 1740. The number of hydrogen-bond acceptors (Lipinski definition) is 10. The second-order valence-corrected chi connectivity index (χ2v) is 9.55. The molecule has 1 unspecified atom stereocenters. The van der Waals surface area contributed by atoms with E-state index in [1.807, 2.05) is 66.4 Å². The van der Waals surface area contributed by atoms with Crippen LogP contribution in [0.2, 0.25) is 5.15 Å².